The van der Waals surface area contributed by atoms with E-state index >= 15 is 0 Å². The Morgan fingerprint density at radius 2 is 1.40 bits per heavy atom. The number of ketones is 1. The van der Waals surface area contributed by atoms with Gasteiger partial charge in [0.05, 0.1) is 0 Å². The number of rotatable bonds is 13. The molecule has 0 fully saturated rings. The van der Waals surface area contributed by atoms with Crippen LogP contribution in [0.1, 0.15) is 65.7 Å². The van der Waals surface area contributed by atoms with Gasteiger partial charge in [0.25, 0.3) is 8.32 Å². The zero-order chi connectivity index (χ0) is 21.9. The predicted molar refractivity (Wildman–Crippen MR) is 131 cm³/mol. The summed E-state index contributed by atoms with van der Waals surface area (Å²) in [6, 6.07) is 21.4. The third-order valence-electron chi connectivity index (χ3n) is 5.70. The van der Waals surface area contributed by atoms with Crippen LogP contribution in [0.2, 0.25) is 5.04 Å². The summed E-state index contributed by atoms with van der Waals surface area (Å²) in [6.07, 6.45) is 8.31. The van der Waals surface area contributed by atoms with Crippen LogP contribution in [0.15, 0.2) is 73.3 Å². The molecule has 0 saturated carbocycles. The number of Topliss-reactive ketones (excluding diaryl/α,β-unsaturated/α-hetero) is 1. The SMILES string of the molecule is C=CCCCCCC(=O)CCCO[Si](c1ccccc1)(c1ccccc1)C(C)(C)C. The molecule has 2 aromatic carbocycles. The Kier molecular flexibility index (Phi) is 9.74. The summed E-state index contributed by atoms with van der Waals surface area (Å²) in [5, 5.41) is 2.56. The number of hydrogen-bond acceptors (Lipinski definition) is 2. The van der Waals surface area contributed by atoms with E-state index in [0.717, 1.165) is 32.1 Å². The number of unbranched alkanes of at least 4 members (excludes halogenated alkanes) is 3. The van der Waals surface area contributed by atoms with Gasteiger partial charge >= 0.3 is 0 Å². The number of hydrogen-bond donors (Lipinski definition) is 0. The normalized spacial score (nSPS) is 12.0. The van der Waals surface area contributed by atoms with Crippen molar-refractivity contribution in [3.8, 4) is 0 Å². The first-order valence-electron chi connectivity index (χ1n) is 11.3. The van der Waals surface area contributed by atoms with Crippen molar-refractivity contribution in [2.75, 3.05) is 6.61 Å². The smallest absolute Gasteiger partial charge is 0.261 e. The van der Waals surface area contributed by atoms with Gasteiger partial charge in [0.2, 0.25) is 0 Å². The van der Waals surface area contributed by atoms with E-state index < -0.39 is 8.32 Å². The molecule has 0 aromatic heterocycles. The van der Waals surface area contributed by atoms with Crippen LogP contribution >= 0.6 is 0 Å². The fourth-order valence-electron chi connectivity index (χ4n) is 4.17. The van der Waals surface area contributed by atoms with E-state index in [1.165, 1.54) is 10.4 Å². The summed E-state index contributed by atoms with van der Waals surface area (Å²) < 4.78 is 6.85. The van der Waals surface area contributed by atoms with Crippen molar-refractivity contribution >= 4 is 24.5 Å². The molecule has 2 aromatic rings. The number of allylic oxidation sites excluding steroid dienone is 1. The van der Waals surface area contributed by atoms with Crippen LogP contribution in [0.4, 0.5) is 0 Å². The van der Waals surface area contributed by atoms with Crippen molar-refractivity contribution in [2.45, 2.75) is 70.8 Å². The van der Waals surface area contributed by atoms with Gasteiger partial charge in [-0.05, 0) is 41.1 Å². The molecule has 2 nitrogen and oxygen atoms in total. The van der Waals surface area contributed by atoms with Crippen LogP contribution in [0, 0.1) is 0 Å². The molecule has 0 amide bonds. The molecular weight excluding hydrogens is 384 g/mol. The van der Waals surface area contributed by atoms with E-state index in [1.54, 1.807) is 0 Å². The molecule has 2 rings (SSSR count). The van der Waals surface area contributed by atoms with Gasteiger partial charge in [-0.1, -0.05) is 93.9 Å². The second-order valence-corrected chi connectivity index (χ2v) is 13.3. The Morgan fingerprint density at radius 1 is 0.867 bits per heavy atom. The Hall–Kier alpha value is -1.97. The topological polar surface area (TPSA) is 26.3 Å². The van der Waals surface area contributed by atoms with Gasteiger partial charge in [-0.3, -0.25) is 4.79 Å². The fraction of sp³-hybridized carbons (Fsp3) is 0.444. The highest BCUT2D eigenvalue weighted by Gasteiger charge is 2.49. The number of carbonyl (C=O) groups is 1. The highest BCUT2D eigenvalue weighted by Crippen LogP contribution is 2.36. The van der Waals surface area contributed by atoms with Gasteiger partial charge in [-0.25, -0.2) is 0 Å². The molecule has 0 bridgehead atoms. The van der Waals surface area contributed by atoms with Crippen LogP contribution in [-0.4, -0.2) is 20.7 Å². The molecule has 0 N–H and O–H groups in total. The minimum Gasteiger partial charge on any atom is -0.407 e. The second kappa shape index (κ2) is 12.0. The van der Waals surface area contributed by atoms with Crippen LogP contribution in [0.3, 0.4) is 0 Å². The van der Waals surface area contributed by atoms with Gasteiger partial charge < -0.3 is 4.43 Å². The second-order valence-electron chi connectivity index (χ2n) is 9.04. The Balaban J connectivity index is 2.06. The third kappa shape index (κ3) is 6.51. The molecule has 0 saturated heterocycles. The van der Waals surface area contributed by atoms with Crippen molar-refractivity contribution in [2.24, 2.45) is 0 Å². The molecule has 0 unspecified atom stereocenters. The molecule has 0 spiro atoms. The summed E-state index contributed by atoms with van der Waals surface area (Å²) >= 11 is 0. The predicted octanol–water partition coefficient (Wildman–Crippen LogP) is 6.05. The first-order valence-corrected chi connectivity index (χ1v) is 13.2. The average Bonchev–Trinajstić information content (AvgIpc) is 2.74. The fourth-order valence-corrected chi connectivity index (χ4v) is 8.77. The molecule has 3 heteroatoms. The lowest BCUT2D eigenvalue weighted by Crippen LogP contribution is -2.66. The van der Waals surface area contributed by atoms with E-state index in [9.17, 15) is 4.79 Å². The molecule has 0 heterocycles. The summed E-state index contributed by atoms with van der Waals surface area (Å²) in [5.74, 6) is 0.361. The van der Waals surface area contributed by atoms with Crippen LogP contribution < -0.4 is 10.4 Å². The maximum absolute atomic E-state index is 12.3. The average molecular weight is 423 g/mol. The van der Waals surface area contributed by atoms with E-state index in [-0.39, 0.29) is 5.04 Å². The van der Waals surface area contributed by atoms with Gasteiger partial charge in [0, 0.05) is 19.4 Å². The van der Waals surface area contributed by atoms with Crippen LogP contribution in [0.25, 0.3) is 0 Å². The van der Waals surface area contributed by atoms with Crippen molar-refractivity contribution in [1.82, 2.24) is 0 Å². The zero-order valence-corrected chi connectivity index (χ0v) is 20.0. The molecule has 0 aliphatic rings. The standard InChI is InChI=1S/C27H38O2Si/c1-5-6-7-8-11-17-24(28)18-16-23-29-30(27(2,3)4,25-19-12-9-13-20-25)26-21-14-10-15-22-26/h5,9-10,12-15,19-22H,1,6-8,11,16-18,23H2,2-4H3. The Bertz CT molecular complexity index is 723. The summed E-state index contributed by atoms with van der Waals surface area (Å²) in [5.41, 5.74) is 0. The van der Waals surface area contributed by atoms with E-state index in [0.29, 0.717) is 25.2 Å². The largest absolute Gasteiger partial charge is 0.407 e. The summed E-state index contributed by atoms with van der Waals surface area (Å²) in [7, 11) is -2.48. The van der Waals surface area contributed by atoms with E-state index in [4.69, 9.17) is 4.43 Å². The van der Waals surface area contributed by atoms with Crippen LogP contribution in [-0.2, 0) is 9.22 Å². The molecule has 0 radical (unpaired) electrons. The van der Waals surface area contributed by atoms with Gasteiger partial charge in [-0.2, -0.15) is 0 Å². The molecule has 0 aliphatic carbocycles. The quantitative estimate of drug-likeness (QED) is 0.223. The highest BCUT2D eigenvalue weighted by atomic mass is 28.4. The molecular formula is C27H38O2Si. The third-order valence-corrected chi connectivity index (χ3v) is 10.7. The molecule has 0 atom stereocenters. The lowest BCUT2D eigenvalue weighted by Gasteiger charge is -2.43. The lowest BCUT2D eigenvalue weighted by molar-refractivity contribution is -0.119. The summed E-state index contributed by atoms with van der Waals surface area (Å²) in [6.45, 7) is 11.2. The zero-order valence-electron chi connectivity index (χ0n) is 19.0. The number of carbonyl (C=O) groups excluding carboxylic acids is 1. The van der Waals surface area contributed by atoms with E-state index in [2.05, 4.69) is 88.0 Å². The van der Waals surface area contributed by atoms with E-state index in [1.807, 2.05) is 6.08 Å². The first-order chi connectivity index (χ1) is 14.4. The van der Waals surface area contributed by atoms with Crippen molar-refractivity contribution < 1.29 is 9.22 Å². The summed E-state index contributed by atoms with van der Waals surface area (Å²) in [4.78, 5) is 12.3. The number of benzene rings is 2. The first kappa shape index (κ1) is 24.3. The molecule has 162 valence electrons. The molecule has 0 aliphatic heterocycles. The van der Waals surface area contributed by atoms with Crippen molar-refractivity contribution in [3.63, 3.8) is 0 Å². The molecule has 30 heavy (non-hydrogen) atoms. The highest BCUT2D eigenvalue weighted by molar-refractivity contribution is 6.99. The van der Waals surface area contributed by atoms with Gasteiger partial charge in [0.1, 0.15) is 5.78 Å². The van der Waals surface area contributed by atoms with Gasteiger partial charge in [0.15, 0.2) is 0 Å². The van der Waals surface area contributed by atoms with Crippen molar-refractivity contribution in [3.05, 3.63) is 73.3 Å². The lowest BCUT2D eigenvalue weighted by atomic mass is 10.1. The Labute approximate surface area is 184 Å². The van der Waals surface area contributed by atoms with Crippen LogP contribution in [0.5, 0.6) is 0 Å². The van der Waals surface area contributed by atoms with Gasteiger partial charge in [-0.15, -0.1) is 6.58 Å². The maximum atomic E-state index is 12.3. The monoisotopic (exact) mass is 422 g/mol. The Morgan fingerprint density at radius 3 is 1.90 bits per heavy atom. The van der Waals surface area contributed by atoms with Crippen molar-refractivity contribution in [1.29, 1.82) is 0 Å². The minimum absolute atomic E-state index is 0.0229. The minimum atomic E-state index is -2.48. The maximum Gasteiger partial charge on any atom is 0.261 e.